The predicted octanol–water partition coefficient (Wildman–Crippen LogP) is 5.59. The molecule has 4 aliphatic carbocycles. The molecule has 30 heavy (non-hydrogen) atoms. The molecule has 1 aliphatic heterocycles. The van der Waals surface area contributed by atoms with Crippen LogP contribution in [0.1, 0.15) is 91.9 Å². The maximum atomic E-state index is 11.9. The Bertz CT molecular complexity index is 786. The van der Waals surface area contributed by atoms with Crippen LogP contribution in [0.3, 0.4) is 0 Å². The standard InChI is InChI=1S/C26H38O4/c1-16(27)29-18-9-12-24(2)17(15-18)5-6-19-20-7-8-22(25(20,3)13-10-21(19)24)26(4)14-11-23(28)30-26/h5,18-22H,6-15H2,1-4H3/t18-,19+,20+,21+,22+,24+,25+,26-/m1/s1. The van der Waals surface area contributed by atoms with Crippen LogP contribution in [0.5, 0.6) is 0 Å². The molecular weight excluding hydrogens is 376 g/mol. The molecule has 0 radical (unpaired) electrons. The second-order valence-electron chi connectivity index (χ2n) is 11.7. The number of cyclic esters (lactones) is 1. The van der Waals surface area contributed by atoms with E-state index in [2.05, 4.69) is 26.8 Å². The lowest BCUT2D eigenvalue weighted by Crippen LogP contribution is -2.53. The second-order valence-corrected chi connectivity index (χ2v) is 11.7. The van der Waals surface area contributed by atoms with Crippen molar-refractivity contribution in [3.8, 4) is 0 Å². The summed E-state index contributed by atoms with van der Waals surface area (Å²) in [7, 11) is 0. The summed E-state index contributed by atoms with van der Waals surface area (Å²) in [5.41, 5.74) is 1.85. The Kier molecular flexibility index (Phi) is 4.69. The van der Waals surface area contributed by atoms with Crippen LogP contribution < -0.4 is 0 Å². The Morgan fingerprint density at radius 2 is 1.87 bits per heavy atom. The number of carbonyl (C=O) groups is 2. The van der Waals surface area contributed by atoms with E-state index in [0.717, 1.165) is 43.4 Å². The Morgan fingerprint density at radius 3 is 2.57 bits per heavy atom. The fraction of sp³-hybridized carbons (Fsp3) is 0.846. The van der Waals surface area contributed by atoms with Gasteiger partial charge in [0.1, 0.15) is 11.7 Å². The molecule has 3 saturated carbocycles. The lowest BCUT2D eigenvalue weighted by Gasteiger charge is -2.59. The van der Waals surface area contributed by atoms with Crippen molar-refractivity contribution in [3.05, 3.63) is 11.6 Å². The third-order valence-electron chi connectivity index (χ3n) is 10.3. The van der Waals surface area contributed by atoms with E-state index in [-0.39, 0.29) is 34.5 Å². The predicted molar refractivity (Wildman–Crippen MR) is 114 cm³/mol. The summed E-state index contributed by atoms with van der Waals surface area (Å²) in [6.07, 6.45) is 13.3. The van der Waals surface area contributed by atoms with Gasteiger partial charge in [0.25, 0.3) is 0 Å². The quantitative estimate of drug-likeness (QED) is 0.436. The molecule has 0 spiro atoms. The SMILES string of the molecule is CC(=O)O[C@@H]1CC[C@@]2(C)C(=CC[C@H]3[C@@H]4CC[C@H]([C@@]5(C)CCC(=O)O5)[C@@]4(C)CC[C@@H]32)C1. The van der Waals surface area contributed by atoms with Gasteiger partial charge < -0.3 is 9.47 Å². The molecule has 0 aromatic carbocycles. The van der Waals surface area contributed by atoms with Crippen molar-refractivity contribution in [2.24, 2.45) is 34.5 Å². The summed E-state index contributed by atoms with van der Waals surface area (Å²) in [6, 6.07) is 0. The van der Waals surface area contributed by atoms with Gasteiger partial charge >= 0.3 is 11.9 Å². The molecule has 5 rings (SSSR count). The summed E-state index contributed by atoms with van der Waals surface area (Å²) in [6.45, 7) is 8.75. The molecule has 1 saturated heterocycles. The van der Waals surface area contributed by atoms with Gasteiger partial charge in [-0.2, -0.15) is 0 Å². The number of carbonyl (C=O) groups excluding carboxylic acids is 2. The smallest absolute Gasteiger partial charge is 0.306 e. The van der Waals surface area contributed by atoms with Crippen molar-refractivity contribution < 1.29 is 19.1 Å². The normalized spacial score (nSPS) is 50.1. The third kappa shape index (κ3) is 2.92. The molecule has 1 heterocycles. The van der Waals surface area contributed by atoms with Gasteiger partial charge in [-0.25, -0.2) is 0 Å². The maximum absolute atomic E-state index is 11.9. The fourth-order valence-corrected chi connectivity index (χ4v) is 8.92. The van der Waals surface area contributed by atoms with Gasteiger partial charge in [0.2, 0.25) is 0 Å². The van der Waals surface area contributed by atoms with Crippen LogP contribution in [0.25, 0.3) is 0 Å². The molecule has 5 aliphatic rings. The van der Waals surface area contributed by atoms with Crippen LogP contribution in [0, 0.1) is 34.5 Å². The Morgan fingerprint density at radius 1 is 1.07 bits per heavy atom. The molecule has 0 aromatic rings. The van der Waals surface area contributed by atoms with E-state index < -0.39 is 0 Å². The molecule has 4 heteroatoms. The molecular formula is C26H38O4. The first-order valence-corrected chi connectivity index (χ1v) is 12.2. The first kappa shape index (κ1) is 20.6. The fourth-order valence-electron chi connectivity index (χ4n) is 8.92. The monoisotopic (exact) mass is 414 g/mol. The number of ether oxygens (including phenoxy) is 2. The van der Waals surface area contributed by atoms with Crippen LogP contribution in [-0.2, 0) is 19.1 Å². The van der Waals surface area contributed by atoms with Crippen LogP contribution in [0.15, 0.2) is 11.6 Å². The minimum atomic E-state index is -0.255. The average Bonchev–Trinajstić information content (AvgIpc) is 3.21. The zero-order chi connectivity index (χ0) is 21.3. The molecule has 0 bridgehead atoms. The van der Waals surface area contributed by atoms with Gasteiger partial charge in [-0.05, 0) is 86.9 Å². The lowest BCUT2D eigenvalue weighted by atomic mass is 9.46. The van der Waals surface area contributed by atoms with Crippen LogP contribution in [0.4, 0.5) is 0 Å². The van der Waals surface area contributed by atoms with Crippen molar-refractivity contribution >= 4 is 11.9 Å². The Labute approximate surface area is 181 Å². The number of fused-ring (bicyclic) bond motifs is 5. The van der Waals surface area contributed by atoms with Crippen molar-refractivity contribution in [2.75, 3.05) is 0 Å². The maximum Gasteiger partial charge on any atom is 0.306 e. The summed E-state index contributed by atoms with van der Waals surface area (Å²) in [5, 5.41) is 0. The average molecular weight is 415 g/mol. The van der Waals surface area contributed by atoms with E-state index in [4.69, 9.17) is 9.47 Å². The molecule has 4 fully saturated rings. The number of hydrogen-bond acceptors (Lipinski definition) is 4. The minimum Gasteiger partial charge on any atom is -0.462 e. The molecule has 0 amide bonds. The van der Waals surface area contributed by atoms with E-state index in [1.807, 2.05) is 0 Å². The number of esters is 2. The molecule has 8 atom stereocenters. The Balaban J connectivity index is 1.39. The van der Waals surface area contributed by atoms with Gasteiger partial charge in [-0.3, -0.25) is 9.59 Å². The van der Waals surface area contributed by atoms with Crippen LogP contribution in [0.2, 0.25) is 0 Å². The van der Waals surface area contributed by atoms with E-state index in [1.165, 1.54) is 39.0 Å². The van der Waals surface area contributed by atoms with Crippen molar-refractivity contribution in [1.29, 1.82) is 0 Å². The summed E-state index contributed by atoms with van der Waals surface area (Å²) in [5.74, 6) is 2.57. The zero-order valence-electron chi connectivity index (χ0n) is 19.2. The van der Waals surface area contributed by atoms with Gasteiger partial charge in [0, 0.05) is 25.7 Å². The lowest BCUT2D eigenvalue weighted by molar-refractivity contribution is -0.159. The van der Waals surface area contributed by atoms with E-state index in [9.17, 15) is 9.59 Å². The van der Waals surface area contributed by atoms with Gasteiger partial charge in [-0.1, -0.05) is 25.5 Å². The highest BCUT2D eigenvalue weighted by Gasteiger charge is 2.63. The summed E-state index contributed by atoms with van der Waals surface area (Å²) in [4.78, 5) is 23.4. The summed E-state index contributed by atoms with van der Waals surface area (Å²) < 4.78 is 11.5. The van der Waals surface area contributed by atoms with Gasteiger partial charge in [0.05, 0.1) is 0 Å². The van der Waals surface area contributed by atoms with Crippen molar-refractivity contribution in [2.45, 2.75) is 104 Å². The largest absolute Gasteiger partial charge is 0.462 e. The first-order valence-electron chi connectivity index (χ1n) is 12.2. The molecule has 0 N–H and O–H groups in total. The molecule has 4 nitrogen and oxygen atoms in total. The number of allylic oxidation sites excluding steroid dienone is 1. The topological polar surface area (TPSA) is 52.6 Å². The van der Waals surface area contributed by atoms with Crippen molar-refractivity contribution in [3.63, 3.8) is 0 Å². The van der Waals surface area contributed by atoms with Crippen molar-refractivity contribution in [1.82, 2.24) is 0 Å². The number of rotatable bonds is 2. The van der Waals surface area contributed by atoms with Gasteiger partial charge in [0.15, 0.2) is 0 Å². The number of hydrogen-bond donors (Lipinski definition) is 0. The Hall–Kier alpha value is -1.32. The zero-order valence-corrected chi connectivity index (χ0v) is 19.2. The molecule has 0 aromatic heterocycles. The van der Waals surface area contributed by atoms with Gasteiger partial charge in [-0.15, -0.1) is 0 Å². The van der Waals surface area contributed by atoms with Crippen LogP contribution in [-0.4, -0.2) is 23.6 Å². The van der Waals surface area contributed by atoms with Crippen LogP contribution >= 0.6 is 0 Å². The van der Waals surface area contributed by atoms with E-state index in [1.54, 1.807) is 5.57 Å². The highest BCUT2D eigenvalue weighted by Crippen LogP contribution is 2.68. The molecule has 0 unspecified atom stereocenters. The summed E-state index contributed by atoms with van der Waals surface area (Å²) >= 11 is 0. The van der Waals surface area contributed by atoms with E-state index >= 15 is 0 Å². The molecule has 166 valence electrons. The third-order valence-corrected chi connectivity index (χ3v) is 10.3. The second kappa shape index (κ2) is 6.84. The van der Waals surface area contributed by atoms with E-state index in [0.29, 0.717) is 12.3 Å². The first-order chi connectivity index (χ1) is 14.2. The minimum absolute atomic E-state index is 0.000489. The highest BCUT2D eigenvalue weighted by atomic mass is 16.6. The highest BCUT2D eigenvalue weighted by molar-refractivity contribution is 5.72.